The SMILES string of the molecule is CC[C@@H](C(=O)N1[C@H]2CC[C@H]1CC(n1nccn1)C2)c1ccccc1. The molecule has 2 aliphatic heterocycles. The van der Waals surface area contributed by atoms with E-state index in [0.717, 1.165) is 37.7 Å². The number of hydrogen-bond acceptors (Lipinski definition) is 3. The molecule has 1 aromatic carbocycles. The van der Waals surface area contributed by atoms with Gasteiger partial charge in [0.05, 0.1) is 24.4 Å². The summed E-state index contributed by atoms with van der Waals surface area (Å²) in [5.74, 6) is 0.289. The van der Waals surface area contributed by atoms with Crippen molar-refractivity contribution >= 4 is 5.91 Å². The predicted octanol–water partition coefficient (Wildman–Crippen LogP) is 3.17. The van der Waals surface area contributed by atoms with Gasteiger partial charge in [-0.1, -0.05) is 37.3 Å². The molecule has 3 atom stereocenters. The highest BCUT2D eigenvalue weighted by Crippen LogP contribution is 2.42. The molecule has 3 heterocycles. The van der Waals surface area contributed by atoms with Crippen molar-refractivity contribution in [1.82, 2.24) is 19.9 Å². The Hall–Kier alpha value is -2.17. The standard InChI is InChI=1S/C19H24N4O/c1-2-18(14-6-4-3-5-7-14)19(24)22-15-8-9-16(22)13-17(12-15)23-20-10-11-21-23/h3-7,10-11,15-18H,2,8-9,12-13H2,1H3/t15-,16-,18+/m0/s1. The molecule has 1 aromatic heterocycles. The Labute approximate surface area is 142 Å². The normalized spacial score (nSPS) is 27.2. The van der Waals surface area contributed by atoms with E-state index in [1.807, 2.05) is 23.0 Å². The molecule has 4 rings (SSSR count). The summed E-state index contributed by atoms with van der Waals surface area (Å²) in [5, 5.41) is 8.61. The Bertz CT molecular complexity index is 671. The minimum Gasteiger partial charge on any atom is -0.336 e. The van der Waals surface area contributed by atoms with Gasteiger partial charge >= 0.3 is 0 Å². The first-order valence-corrected chi connectivity index (χ1v) is 9.00. The first-order chi connectivity index (χ1) is 11.8. The van der Waals surface area contributed by atoms with Gasteiger partial charge in [0.25, 0.3) is 0 Å². The molecular formula is C19H24N4O. The fourth-order valence-corrected chi connectivity index (χ4v) is 4.53. The summed E-state index contributed by atoms with van der Waals surface area (Å²) in [6.07, 6.45) is 8.50. The second-order valence-corrected chi connectivity index (χ2v) is 6.98. The number of carbonyl (C=O) groups excluding carboxylic acids is 1. The molecule has 0 saturated carbocycles. The Morgan fingerprint density at radius 1 is 1.08 bits per heavy atom. The van der Waals surface area contributed by atoms with E-state index in [9.17, 15) is 4.79 Å². The van der Waals surface area contributed by atoms with E-state index in [2.05, 4.69) is 34.2 Å². The van der Waals surface area contributed by atoms with Crippen LogP contribution in [-0.4, -0.2) is 37.9 Å². The highest BCUT2D eigenvalue weighted by Gasteiger charge is 2.45. The molecule has 0 unspecified atom stereocenters. The first kappa shape index (κ1) is 15.4. The highest BCUT2D eigenvalue weighted by molar-refractivity contribution is 5.84. The molecule has 0 N–H and O–H groups in total. The van der Waals surface area contributed by atoms with Gasteiger partial charge in [-0.25, -0.2) is 0 Å². The van der Waals surface area contributed by atoms with Crippen molar-refractivity contribution in [3.05, 3.63) is 48.3 Å². The molecular weight excluding hydrogens is 300 g/mol. The highest BCUT2D eigenvalue weighted by atomic mass is 16.2. The molecule has 2 saturated heterocycles. The van der Waals surface area contributed by atoms with E-state index in [-0.39, 0.29) is 5.92 Å². The molecule has 0 radical (unpaired) electrons. The maximum atomic E-state index is 13.3. The lowest BCUT2D eigenvalue weighted by Gasteiger charge is -2.40. The van der Waals surface area contributed by atoms with Gasteiger partial charge in [-0.05, 0) is 37.7 Å². The van der Waals surface area contributed by atoms with Crippen molar-refractivity contribution in [1.29, 1.82) is 0 Å². The number of carbonyl (C=O) groups is 1. The molecule has 0 aliphatic carbocycles. The third-order valence-corrected chi connectivity index (χ3v) is 5.63. The van der Waals surface area contributed by atoms with Gasteiger partial charge in [-0.2, -0.15) is 15.0 Å². The van der Waals surface area contributed by atoms with Gasteiger partial charge in [-0.3, -0.25) is 4.79 Å². The molecule has 5 nitrogen and oxygen atoms in total. The second kappa shape index (κ2) is 6.38. The summed E-state index contributed by atoms with van der Waals surface area (Å²) in [6.45, 7) is 2.11. The molecule has 0 spiro atoms. The third-order valence-electron chi connectivity index (χ3n) is 5.63. The van der Waals surface area contributed by atoms with Gasteiger partial charge < -0.3 is 4.90 Å². The number of rotatable bonds is 4. The van der Waals surface area contributed by atoms with Crippen molar-refractivity contribution in [2.24, 2.45) is 0 Å². The van der Waals surface area contributed by atoms with Crippen molar-refractivity contribution in [2.45, 2.75) is 63.1 Å². The number of nitrogens with zero attached hydrogens (tertiary/aromatic N) is 4. The van der Waals surface area contributed by atoms with Gasteiger partial charge in [0, 0.05) is 12.1 Å². The quantitative estimate of drug-likeness (QED) is 0.868. The summed E-state index contributed by atoms with van der Waals surface area (Å²) in [7, 11) is 0. The summed E-state index contributed by atoms with van der Waals surface area (Å²) in [4.78, 5) is 17.3. The van der Waals surface area contributed by atoms with Gasteiger partial charge in [0.1, 0.15) is 0 Å². The summed E-state index contributed by atoms with van der Waals surface area (Å²) in [6, 6.07) is 11.2. The largest absolute Gasteiger partial charge is 0.336 e. The fraction of sp³-hybridized carbons (Fsp3) is 0.526. The van der Waals surface area contributed by atoms with Crippen LogP contribution < -0.4 is 0 Å². The molecule has 2 aliphatic rings. The van der Waals surface area contributed by atoms with Crippen molar-refractivity contribution in [2.75, 3.05) is 0 Å². The van der Waals surface area contributed by atoms with Crippen LogP contribution in [0.3, 0.4) is 0 Å². The lowest BCUT2D eigenvalue weighted by molar-refractivity contribution is -0.138. The Balaban J connectivity index is 1.54. The number of fused-ring (bicyclic) bond motifs is 2. The average Bonchev–Trinajstić information content (AvgIpc) is 3.23. The maximum absolute atomic E-state index is 13.3. The van der Waals surface area contributed by atoms with Crippen molar-refractivity contribution in [3.8, 4) is 0 Å². The maximum Gasteiger partial charge on any atom is 0.230 e. The van der Waals surface area contributed by atoms with Gasteiger partial charge in [-0.15, -0.1) is 0 Å². The van der Waals surface area contributed by atoms with Crippen molar-refractivity contribution < 1.29 is 4.79 Å². The van der Waals surface area contributed by atoms with E-state index in [4.69, 9.17) is 0 Å². The van der Waals surface area contributed by atoms with Crippen LogP contribution >= 0.6 is 0 Å². The summed E-state index contributed by atoms with van der Waals surface area (Å²) >= 11 is 0. The molecule has 2 aromatic rings. The zero-order valence-electron chi connectivity index (χ0n) is 14.1. The minimum absolute atomic E-state index is 0.0197. The number of benzene rings is 1. The van der Waals surface area contributed by atoms with Crippen LogP contribution in [-0.2, 0) is 4.79 Å². The van der Waals surface area contributed by atoms with Crippen LogP contribution in [0.25, 0.3) is 0 Å². The smallest absolute Gasteiger partial charge is 0.230 e. The number of aromatic nitrogens is 3. The molecule has 2 fully saturated rings. The van der Waals surface area contributed by atoms with E-state index >= 15 is 0 Å². The summed E-state index contributed by atoms with van der Waals surface area (Å²) < 4.78 is 0. The van der Waals surface area contributed by atoms with Crippen LogP contribution in [0.4, 0.5) is 0 Å². The monoisotopic (exact) mass is 324 g/mol. The lowest BCUT2D eigenvalue weighted by atomic mass is 9.91. The van der Waals surface area contributed by atoms with E-state index in [0.29, 0.717) is 24.0 Å². The number of hydrogen-bond donors (Lipinski definition) is 0. The second-order valence-electron chi connectivity index (χ2n) is 6.98. The number of piperidine rings is 1. The van der Waals surface area contributed by atoms with Crippen LogP contribution in [0, 0.1) is 0 Å². The van der Waals surface area contributed by atoms with Crippen LogP contribution in [0.5, 0.6) is 0 Å². The Morgan fingerprint density at radius 2 is 1.71 bits per heavy atom. The summed E-state index contributed by atoms with van der Waals surface area (Å²) in [5.41, 5.74) is 1.14. The molecule has 5 heteroatoms. The minimum atomic E-state index is -0.0197. The topological polar surface area (TPSA) is 51.0 Å². The van der Waals surface area contributed by atoms with E-state index < -0.39 is 0 Å². The van der Waals surface area contributed by atoms with Gasteiger partial charge in [0.2, 0.25) is 5.91 Å². The number of amides is 1. The lowest BCUT2D eigenvalue weighted by Crippen LogP contribution is -2.48. The molecule has 1 amide bonds. The third kappa shape index (κ3) is 2.62. The Morgan fingerprint density at radius 3 is 2.29 bits per heavy atom. The first-order valence-electron chi connectivity index (χ1n) is 9.00. The molecule has 2 bridgehead atoms. The van der Waals surface area contributed by atoms with Crippen LogP contribution in [0.1, 0.15) is 56.6 Å². The van der Waals surface area contributed by atoms with Crippen LogP contribution in [0.2, 0.25) is 0 Å². The van der Waals surface area contributed by atoms with Gasteiger partial charge in [0.15, 0.2) is 0 Å². The molecule has 126 valence electrons. The molecule has 24 heavy (non-hydrogen) atoms. The predicted molar refractivity (Wildman–Crippen MR) is 91.4 cm³/mol. The van der Waals surface area contributed by atoms with E-state index in [1.54, 1.807) is 12.4 Å². The fourth-order valence-electron chi connectivity index (χ4n) is 4.53. The van der Waals surface area contributed by atoms with Crippen LogP contribution in [0.15, 0.2) is 42.7 Å². The zero-order valence-corrected chi connectivity index (χ0v) is 14.1. The van der Waals surface area contributed by atoms with E-state index in [1.165, 1.54) is 0 Å². The van der Waals surface area contributed by atoms with Crippen molar-refractivity contribution in [3.63, 3.8) is 0 Å². The average molecular weight is 324 g/mol. The zero-order chi connectivity index (χ0) is 16.5. The Kier molecular flexibility index (Phi) is 4.08.